The molecule has 0 aromatic heterocycles. The van der Waals surface area contributed by atoms with Crippen molar-refractivity contribution in [3.8, 4) is 0 Å². The van der Waals surface area contributed by atoms with Crippen LogP contribution >= 0.6 is 0 Å². The maximum Gasteiger partial charge on any atom is 0.306 e. The third-order valence-electron chi connectivity index (χ3n) is 3.58. The Morgan fingerprint density at radius 3 is 2.41 bits per heavy atom. The van der Waals surface area contributed by atoms with Crippen LogP contribution < -0.4 is 0 Å². The van der Waals surface area contributed by atoms with Crippen molar-refractivity contribution in [1.29, 1.82) is 0 Å². The standard InChI is InChI=1S/C14H17FO2/c1-10(13(16)17)9-11-3-5-12(6-4-11)14(15)7-2-8-14/h3-6,10H,2,7-9H2,1H3,(H,16,17). The largest absolute Gasteiger partial charge is 0.481 e. The molecule has 2 rings (SSSR count). The number of hydrogen-bond acceptors (Lipinski definition) is 1. The smallest absolute Gasteiger partial charge is 0.306 e. The molecule has 0 saturated heterocycles. The molecular weight excluding hydrogens is 219 g/mol. The Hall–Kier alpha value is -1.38. The number of aliphatic carboxylic acids is 1. The van der Waals surface area contributed by atoms with Gasteiger partial charge in [0.15, 0.2) is 0 Å². The van der Waals surface area contributed by atoms with Crippen LogP contribution in [0.4, 0.5) is 4.39 Å². The van der Waals surface area contributed by atoms with Gasteiger partial charge in [-0.1, -0.05) is 31.2 Å². The lowest BCUT2D eigenvalue weighted by molar-refractivity contribution is -0.141. The average Bonchev–Trinajstić information content (AvgIpc) is 2.27. The molecule has 0 spiro atoms. The van der Waals surface area contributed by atoms with Crippen molar-refractivity contribution in [2.75, 3.05) is 0 Å². The van der Waals surface area contributed by atoms with Gasteiger partial charge >= 0.3 is 5.97 Å². The van der Waals surface area contributed by atoms with E-state index in [-0.39, 0.29) is 0 Å². The van der Waals surface area contributed by atoms with Gasteiger partial charge in [0.05, 0.1) is 5.92 Å². The van der Waals surface area contributed by atoms with Gasteiger partial charge in [0.2, 0.25) is 0 Å². The number of rotatable bonds is 4. The van der Waals surface area contributed by atoms with Crippen LogP contribution in [0.15, 0.2) is 24.3 Å². The lowest BCUT2D eigenvalue weighted by atomic mass is 9.76. The van der Waals surface area contributed by atoms with E-state index < -0.39 is 17.6 Å². The van der Waals surface area contributed by atoms with Crippen LogP contribution in [0.2, 0.25) is 0 Å². The summed E-state index contributed by atoms with van der Waals surface area (Å²) in [5, 5.41) is 8.81. The molecule has 0 aliphatic heterocycles. The average molecular weight is 236 g/mol. The third kappa shape index (κ3) is 2.48. The fraction of sp³-hybridized carbons (Fsp3) is 0.500. The molecule has 0 radical (unpaired) electrons. The molecule has 1 saturated carbocycles. The van der Waals surface area contributed by atoms with Gasteiger partial charge in [0, 0.05) is 0 Å². The van der Waals surface area contributed by atoms with Crippen LogP contribution in [0.3, 0.4) is 0 Å². The normalized spacial score (nSPS) is 19.4. The Labute approximate surface area is 100 Å². The van der Waals surface area contributed by atoms with Crippen LogP contribution in [0.1, 0.15) is 37.3 Å². The minimum atomic E-state index is -1.13. The van der Waals surface area contributed by atoms with Crippen molar-refractivity contribution in [1.82, 2.24) is 0 Å². The predicted molar refractivity (Wildman–Crippen MR) is 63.6 cm³/mol. The van der Waals surface area contributed by atoms with Crippen molar-refractivity contribution in [3.63, 3.8) is 0 Å². The lowest BCUT2D eigenvalue weighted by Gasteiger charge is -2.34. The Bertz CT molecular complexity index is 407. The van der Waals surface area contributed by atoms with E-state index >= 15 is 0 Å². The number of benzene rings is 1. The van der Waals surface area contributed by atoms with Crippen LogP contribution in [0.5, 0.6) is 0 Å². The van der Waals surface area contributed by atoms with E-state index in [1.807, 2.05) is 12.1 Å². The molecule has 1 aromatic rings. The number of carboxylic acids is 1. The Morgan fingerprint density at radius 2 is 2.00 bits per heavy atom. The third-order valence-corrected chi connectivity index (χ3v) is 3.58. The Balaban J connectivity index is 2.05. The molecule has 1 aliphatic carbocycles. The van der Waals surface area contributed by atoms with Gasteiger partial charge in [-0.25, -0.2) is 4.39 Å². The van der Waals surface area contributed by atoms with Gasteiger partial charge in [-0.15, -0.1) is 0 Å². The monoisotopic (exact) mass is 236 g/mol. The minimum Gasteiger partial charge on any atom is -0.481 e. The topological polar surface area (TPSA) is 37.3 Å². The number of halogens is 1. The van der Waals surface area contributed by atoms with E-state index in [1.165, 1.54) is 0 Å². The van der Waals surface area contributed by atoms with Crippen LogP contribution in [-0.4, -0.2) is 11.1 Å². The van der Waals surface area contributed by atoms with Crippen molar-refractivity contribution in [2.45, 2.75) is 38.3 Å². The summed E-state index contributed by atoms with van der Waals surface area (Å²) in [7, 11) is 0. The number of carboxylic acid groups (broad SMARTS) is 1. The van der Waals surface area contributed by atoms with Crippen LogP contribution in [0, 0.1) is 5.92 Å². The highest BCUT2D eigenvalue weighted by atomic mass is 19.1. The van der Waals surface area contributed by atoms with Crippen molar-refractivity contribution in [2.24, 2.45) is 5.92 Å². The summed E-state index contributed by atoms with van der Waals surface area (Å²) in [5.74, 6) is -1.20. The zero-order valence-electron chi connectivity index (χ0n) is 9.95. The first-order chi connectivity index (χ1) is 8.01. The van der Waals surface area contributed by atoms with Crippen molar-refractivity contribution in [3.05, 3.63) is 35.4 Å². The second-order valence-electron chi connectivity index (χ2n) is 4.96. The first-order valence-electron chi connectivity index (χ1n) is 6.02. The molecule has 1 aliphatic rings. The van der Waals surface area contributed by atoms with E-state index in [9.17, 15) is 9.18 Å². The maximum absolute atomic E-state index is 14.1. The molecular formula is C14H17FO2. The van der Waals surface area contributed by atoms with E-state index in [0.717, 1.165) is 17.5 Å². The Morgan fingerprint density at radius 1 is 1.41 bits per heavy atom. The van der Waals surface area contributed by atoms with Crippen molar-refractivity contribution >= 4 is 5.97 Å². The van der Waals surface area contributed by atoms with Crippen LogP contribution in [0.25, 0.3) is 0 Å². The van der Waals surface area contributed by atoms with Gasteiger partial charge < -0.3 is 5.11 Å². The molecule has 17 heavy (non-hydrogen) atoms. The quantitative estimate of drug-likeness (QED) is 0.870. The second-order valence-corrected chi connectivity index (χ2v) is 4.96. The molecule has 0 bridgehead atoms. The zero-order chi connectivity index (χ0) is 12.5. The van der Waals surface area contributed by atoms with Gasteiger partial charge in [0.25, 0.3) is 0 Å². The molecule has 0 heterocycles. The van der Waals surface area contributed by atoms with Crippen molar-refractivity contribution < 1.29 is 14.3 Å². The SMILES string of the molecule is CC(Cc1ccc(C2(F)CCC2)cc1)C(=O)O. The zero-order valence-corrected chi connectivity index (χ0v) is 9.95. The molecule has 0 amide bonds. The summed E-state index contributed by atoms with van der Waals surface area (Å²) in [6.07, 6.45) is 2.67. The molecule has 1 unspecified atom stereocenters. The molecule has 1 atom stereocenters. The summed E-state index contributed by atoms with van der Waals surface area (Å²) in [5.41, 5.74) is 0.554. The summed E-state index contributed by atoms with van der Waals surface area (Å²) in [6, 6.07) is 7.27. The minimum absolute atomic E-state index is 0.399. The predicted octanol–water partition coefficient (Wildman–Crippen LogP) is 3.30. The first kappa shape index (κ1) is 12.1. The molecule has 92 valence electrons. The highest BCUT2D eigenvalue weighted by Gasteiger charge is 2.38. The molecule has 2 nitrogen and oxygen atoms in total. The Kier molecular flexibility index (Phi) is 3.18. The highest BCUT2D eigenvalue weighted by Crippen LogP contribution is 2.44. The van der Waals surface area contributed by atoms with Gasteiger partial charge in [-0.05, 0) is 36.8 Å². The van der Waals surface area contributed by atoms with Crippen LogP contribution in [-0.2, 0) is 16.9 Å². The summed E-state index contributed by atoms with van der Waals surface area (Å²) in [6.45, 7) is 1.68. The second kappa shape index (κ2) is 4.47. The first-order valence-corrected chi connectivity index (χ1v) is 6.02. The lowest BCUT2D eigenvalue weighted by Crippen LogP contribution is -2.28. The molecule has 1 N–H and O–H groups in total. The molecule has 1 fully saturated rings. The maximum atomic E-state index is 14.1. The highest BCUT2D eigenvalue weighted by molar-refractivity contribution is 5.69. The van der Waals surface area contributed by atoms with Gasteiger partial charge in [-0.3, -0.25) is 4.79 Å². The summed E-state index contributed by atoms with van der Waals surface area (Å²) < 4.78 is 14.1. The van der Waals surface area contributed by atoms with E-state index in [4.69, 9.17) is 5.11 Å². The number of hydrogen-bond donors (Lipinski definition) is 1. The number of alkyl halides is 1. The fourth-order valence-corrected chi connectivity index (χ4v) is 2.16. The summed E-state index contributed by atoms with van der Waals surface area (Å²) >= 11 is 0. The van der Waals surface area contributed by atoms with E-state index in [0.29, 0.717) is 19.3 Å². The molecule has 1 aromatic carbocycles. The molecule has 3 heteroatoms. The number of carbonyl (C=O) groups is 1. The van der Waals surface area contributed by atoms with Gasteiger partial charge in [0.1, 0.15) is 5.67 Å². The van der Waals surface area contributed by atoms with E-state index in [2.05, 4.69) is 0 Å². The fourth-order valence-electron chi connectivity index (χ4n) is 2.16. The van der Waals surface area contributed by atoms with E-state index in [1.54, 1.807) is 19.1 Å². The van der Waals surface area contributed by atoms with Gasteiger partial charge in [-0.2, -0.15) is 0 Å². The summed E-state index contributed by atoms with van der Waals surface area (Å²) in [4.78, 5) is 10.7.